The number of nitrogens with zero attached hydrogens (tertiary/aromatic N) is 2. The van der Waals surface area contributed by atoms with Crippen LogP contribution in [0.4, 0.5) is 18.0 Å². The Kier molecular flexibility index (Phi) is 4.39. The largest absolute Gasteiger partial charge is 0.436 e. The van der Waals surface area contributed by atoms with Gasteiger partial charge < -0.3 is 14.2 Å². The van der Waals surface area contributed by atoms with Crippen LogP contribution in [0.2, 0.25) is 0 Å². The first-order valence-electron chi connectivity index (χ1n) is 8.18. The van der Waals surface area contributed by atoms with E-state index in [4.69, 9.17) is 9.47 Å². The second-order valence-corrected chi connectivity index (χ2v) is 6.51. The van der Waals surface area contributed by atoms with E-state index in [0.29, 0.717) is 30.9 Å². The van der Waals surface area contributed by atoms with Crippen molar-refractivity contribution in [2.24, 2.45) is 0 Å². The van der Waals surface area contributed by atoms with Gasteiger partial charge in [-0.2, -0.15) is 8.78 Å². The molecule has 1 amide bonds. The normalized spacial score (nSPS) is 17.9. The van der Waals surface area contributed by atoms with E-state index in [2.05, 4.69) is 9.72 Å². The molecule has 0 bridgehead atoms. The molecule has 0 unspecified atom stereocenters. The first kappa shape index (κ1) is 17.6. The fraction of sp³-hybridized carbons (Fsp3) is 0.333. The first-order valence-corrected chi connectivity index (χ1v) is 8.18. The summed E-state index contributed by atoms with van der Waals surface area (Å²) < 4.78 is 53.1. The number of rotatable bonds is 5. The predicted molar refractivity (Wildman–Crippen MR) is 86.7 cm³/mol. The quantitative estimate of drug-likeness (QED) is 0.797. The van der Waals surface area contributed by atoms with Gasteiger partial charge in [-0.25, -0.2) is 9.18 Å². The van der Waals surface area contributed by atoms with Crippen LogP contribution in [-0.2, 0) is 16.0 Å². The zero-order chi connectivity index (χ0) is 19.0. The summed E-state index contributed by atoms with van der Waals surface area (Å²) in [5.41, 5.74) is 1.22. The Morgan fingerprint density at radius 2 is 2.04 bits per heavy atom. The Balaban J connectivity index is 1.53. The molecule has 6 nitrogen and oxygen atoms in total. The van der Waals surface area contributed by atoms with Crippen molar-refractivity contribution >= 4 is 6.09 Å². The van der Waals surface area contributed by atoms with Gasteiger partial charge >= 0.3 is 12.7 Å². The fourth-order valence-corrected chi connectivity index (χ4v) is 3.12. The summed E-state index contributed by atoms with van der Waals surface area (Å²) in [5.74, 6) is -1.42. The first-order chi connectivity index (χ1) is 12.9. The van der Waals surface area contributed by atoms with Crippen molar-refractivity contribution in [3.05, 3.63) is 48.0 Å². The molecule has 1 aromatic carbocycles. The number of aromatic nitrogens is 1. The summed E-state index contributed by atoms with van der Waals surface area (Å²) in [6.45, 7) is -1.64. The minimum atomic E-state index is -3.12. The van der Waals surface area contributed by atoms with Crippen LogP contribution in [0.15, 0.2) is 36.7 Å². The number of carbonyl (C=O) groups is 1. The molecule has 2 saturated heterocycles. The molecule has 3 heterocycles. The number of carbonyl (C=O) groups excluding carboxylic acids is 1. The molecule has 0 aliphatic carbocycles. The average Bonchev–Trinajstić information content (AvgIpc) is 2.94. The van der Waals surface area contributed by atoms with Crippen LogP contribution in [0.5, 0.6) is 5.75 Å². The number of pyridine rings is 1. The van der Waals surface area contributed by atoms with Gasteiger partial charge in [0.2, 0.25) is 0 Å². The molecule has 142 valence electrons. The van der Waals surface area contributed by atoms with Crippen molar-refractivity contribution in [2.75, 3.05) is 19.8 Å². The van der Waals surface area contributed by atoms with Crippen LogP contribution in [0.3, 0.4) is 0 Å². The number of ether oxygens (including phenoxy) is 3. The van der Waals surface area contributed by atoms with Crippen LogP contribution < -0.4 is 4.74 Å². The predicted octanol–water partition coefficient (Wildman–Crippen LogP) is 3.21. The Bertz CT molecular complexity index is 873. The minimum Gasteiger partial charge on any atom is -0.436 e. The van der Waals surface area contributed by atoms with Gasteiger partial charge in [-0.1, -0.05) is 6.07 Å². The molecule has 2 aromatic rings. The molecule has 0 atom stereocenters. The standard InChI is InChI=1S/C18H15F3N2O4/c19-14-2-1-12(4-15(14)26-16(20)21)13-3-11(5-22-6-13)7-23-8-18(9-25-10-18)27-17(23)24/h1-6,16H,7-10H2. The molecule has 0 radical (unpaired) electrons. The number of hydrogen-bond acceptors (Lipinski definition) is 5. The summed E-state index contributed by atoms with van der Waals surface area (Å²) in [6, 6.07) is 5.44. The van der Waals surface area contributed by atoms with E-state index < -0.39 is 29.9 Å². The van der Waals surface area contributed by atoms with E-state index in [0.717, 1.165) is 11.6 Å². The van der Waals surface area contributed by atoms with Gasteiger partial charge in [0.25, 0.3) is 0 Å². The van der Waals surface area contributed by atoms with E-state index in [1.807, 2.05) is 0 Å². The van der Waals surface area contributed by atoms with Gasteiger partial charge in [-0.05, 0) is 29.3 Å². The van der Waals surface area contributed by atoms with E-state index in [1.165, 1.54) is 18.3 Å². The molecular formula is C18H15F3N2O4. The summed E-state index contributed by atoms with van der Waals surface area (Å²) in [6.07, 6.45) is 2.70. The molecule has 2 fully saturated rings. The molecule has 2 aliphatic heterocycles. The van der Waals surface area contributed by atoms with Gasteiger partial charge in [0.05, 0.1) is 26.3 Å². The number of hydrogen-bond donors (Lipinski definition) is 0. The molecule has 4 rings (SSSR count). The Labute approximate surface area is 152 Å². The van der Waals surface area contributed by atoms with E-state index in [1.54, 1.807) is 17.2 Å². The lowest BCUT2D eigenvalue weighted by atomic mass is 10.0. The molecule has 27 heavy (non-hydrogen) atoms. The highest BCUT2D eigenvalue weighted by atomic mass is 19.3. The lowest BCUT2D eigenvalue weighted by Crippen LogP contribution is -2.52. The maximum Gasteiger partial charge on any atom is 0.410 e. The highest BCUT2D eigenvalue weighted by molar-refractivity contribution is 5.71. The topological polar surface area (TPSA) is 60.9 Å². The van der Waals surface area contributed by atoms with Crippen LogP contribution >= 0.6 is 0 Å². The summed E-state index contributed by atoms with van der Waals surface area (Å²) in [4.78, 5) is 17.7. The van der Waals surface area contributed by atoms with Crippen molar-refractivity contribution in [1.29, 1.82) is 0 Å². The van der Waals surface area contributed by atoms with E-state index in [9.17, 15) is 18.0 Å². The SMILES string of the molecule is O=C1OC2(COC2)CN1Cc1cncc(-c2ccc(F)c(OC(F)F)c2)c1. The van der Waals surface area contributed by atoms with Crippen LogP contribution in [0.25, 0.3) is 11.1 Å². The number of alkyl halides is 2. The van der Waals surface area contributed by atoms with Crippen molar-refractivity contribution in [3.63, 3.8) is 0 Å². The van der Waals surface area contributed by atoms with Gasteiger partial charge in [0.15, 0.2) is 17.2 Å². The van der Waals surface area contributed by atoms with Gasteiger partial charge in [0.1, 0.15) is 0 Å². The third-order valence-corrected chi connectivity index (χ3v) is 4.42. The fourth-order valence-electron chi connectivity index (χ4n) is 3.12. The smallest absolute Gasteiger partial charge is 0.410 e. The number of halogens is 3. The van der Waals surface area contributed by atoms with Gasteiger partial charge in [0, 0.05) is 18.0 Å². The van der Waals surface area contributed by atoms with Crippen molar-refractivity contribution in [2.45, 2.75) is 18.8 Å². The lowest BCUT2D eigenvalue weighted by molar-refractivity contribution is -0.156. The zero-order valence-electron chi connectivity index (χ0n) is 14.0. The highest BCUT2D eigenvalue weighted by Gasteiger charge is 2.50. The van der Waals surface area contributed by atoms with E-state index in [-0.39, 0.29) is 6.54 Å². The summed E-state index contributed by atoms with van der Waals surface area (Å²) in [7, 11) is 0. The highest BCUT2D eigenvalue weighted by Crippen LogP contribution is 2.32. The Morgan fingerprint density at radius 3 is 2.70 bits per heavy atom. The van der Waals surface area contributed by atoms with Crippen molar-refractivity contribution in [1.82, 2.24) is 9.88 Å². The Morgan fingerprint density at radius 1 is 1.22 bits per heavy atom. The summed E-state index contributed by atoms with van der Waals surface area (Å²) in [5, 5.41) is 0. The maximum atomic E-state index is 13.6. The minimum absolute atomic E-state index is 0.281. The van der Waals surface area contributed by atoms with Crippen molar-refractivity contribution < 1.29 is 32.2 Å². The molecule has 0 N–H and O–H groups in total. The monoisotopic (exact) mass is 380 g/mol. The number of amides is 1. The Hall–Kier alpha value is -2.81. The van der Waals surface area contributed by atoms with Gasteiger partial charge in [-0.15, -0.1) is 0 Å². The van der Waals surface area contributed by atoms with E-state index >= 15 is 0 Å². The second-order valence-electron chi connectivity index (χ2n) is 6.51. The molecule has 9 heteroatoms. The molecule has 1 spiro atoms. The zero-order valence-corrected chi connectivity index (χ0v) is 14.0. The van der Waals surface area contributed by atoms with Gasteiger partial charge in [-0.3, -0.25) is 9.88 Å². The van der Waals surface area contributed by atoms with Crippen LogP contribution in [-0.4, -0.2) is 47.9 Å². The number of benzene rings is 1. The summed E-state index contributed by atoms with van der Waals surface area (Å²) >= 11 is 0. The van der Waals surface area contributed by atoms with Crippen molar-refractivity contribution in [3.8, 4) is 16.9 Å². The van der Waals surface area contributed by atoms with Crippen LogP contribution in [0.1, 0.15) is 5.56 Å². The maximum absolute atomic E-state index is 13.6. The molecular weight excluding hydrogens is 365 g/mol. The van der Waals surface area contributed by atoms with Crippen LogP contribution in [0, 0.1) is 5.82 Å². The molecule has 0 saturated carbocycles. The second kappa shape index (κ2) is 6.73. The third-order valence-electron chi connectivity index (χ3n) is 4.42. The molecule has 2 aliphatic rings. The lowest BCUT2D eigenvalue weighted by Gasteiger charge is -2.34. The third kappa shape index (κ3) is 3.55. The molecule has 1 aromatic heterocycles. The average molecular weight is 380 g/mol.